The van der Waals surface area contributed by atoms with Crippen LogP contribution in [0, 0.1) is 6.92 Å². The number of rotatable bonds is 4. The van der Waals surface area contributed by atoms with Crippen molar-refractivity contribution in [1.82, 2.24) is 10.3 Å². The molecule has 2 aromatic rings. The summed E-state index contributed by atoms with van der Waals surface area (Å²) >= 11 is 0. The number of aryl methyl sites for hydroxylation is 1. The third kappa shape index (κ3) is 2.44. The molecule has 0 aliphatic heterocycles. The summed E-state index contributed by atoms with van der Waals surface area (Å²) < 4.78 is 0. The Balaban J connectivity index is 1.69. The lowest BCUT2D eigenvalue weighted by atomic mass is 9.94. The Morgan fingerprint density at radius 2 is 1.80 bits per heavy atom. The third-order valence-corrected chi connectivity index (χ3v) is 3.99. The summed E-state index contributed by atoms with van der Waals surface area (Å²) in [6.45, 7) is 2.63. The second kappa shape index (κ2) is 5.08. The molecule has 1 aromatic carbocycles. The Hall–Kier alpha value is -2.16. The van der Waals surface area contributed by atoms with Gasteiger partial charge in [0.1, 0.15) is 0 Å². The lowest BCUT2D eigenvalue weighted by molar-refractivity contribution is -0.123. The first-order chi connectivity index (χ1) is 9.71. The largest absolute Gasteiger partial charge is 0.351 e. The zero-order valence-electron chi connectivity index (χ0n) is 11.6. The fraction of sp³-hybridized carbons (Fsp3) is 0.294. The number of nitrogens with one attached hydrogen (secondary N) is 1. The van der Waals surface area contributed by atoms with E-state index in [1.54, 1.807) is 12.4 Å². The van der Waals surface area contributed by atoms with E-state index in [9.17, 15) is 4.79 Å². The molecule has 1 heterocycles. The van der Waals surface area contributed by atoms with Crippen molar-refractivity contribution in [1.29, 1.82) is 0 Å². The van der Waals surface area contributed by atoms with E-state index in [-0.39, 0.29) is 11.3 Å². The first-order valence-corrected chi connectivity index (χ1v) is 6.95. The van der Waals surface area contributed by atoms with Gasteiger partial charge in [-0.15, -0.1) is 0 Å². The maximum Gasteiger partial charge on any atom is 0.230 e. The minimum absolute atomic E-state index is 0.137. The van der Waals surface area contributed by atoms with Crippen molar-refractivity contribution in [3.8, 4) is 0 Å². The van der Waals surface area contributed by atoms with Crippen LogP contribution in [-0.4, -0.2) is 10.9 Å². The predicted octanol–water partition coefficient (Wildman–Crippen LogP) is 2.74. The molecule has 1 amide bonds. The van der Waals surface area contributed by atoms with Crippen LogP contribution in [0.25, 0.3) is 0 Å². The Morgan fingerprint density at radius 1 is 1.15 bits per heavy atom. The van der Waals surface area contributed by atoms with Crippen LogP contribution in [0.4, 0.5) is 0 Å². The summed E-state index contributed by atoms with van der Waals surface area (Å²) in [7, 11) is 0. The number of amides is 1. The number of carbonyl (C=O) groups excluding carboxylic acids is 1. The van der Waals surface area contributed by atoms with E-state index in [0.717, 1.165) is 24.0 Å². The van der Waals surface area contributed by atoms with Crippen LogP contribution in [0.1, 0.15) is 29.5 Å². The smallest absolute Gasteiger partial charge is 0.230 e. The molecule has 0 bridgehead atoms. The van der Waals surface area contributed by atoms with Gasteiger partial charge in [-0.2, -0.15) is 0 Å². The number of benzene rings is 1. The van der Waals surface area contributed by atoms with E-state index in [2.05, 4.69) is 41.5 Å². The van der Waals surface area contributed by atoms with Gasteiger partial charge in [0, 0.05) is 18.9 Å². The highest BCUT2D eigenvalue weighted by Crippen LogP contribution is 2.48. The molecule has 1 fully saturated rings. The topological polar surface area (TPSA) is 42.0 Å². The van der Waals surface area contributed by atoms with Gasteiger partial charge in [-0.3, -0.25) is 9.78 Å². The van der Waals surface area contributed by atoms with E-state index in [0.29, 0.717) is 6.54 Å². The van der Waals surface area contributed by atoms with Crippen molar-refractivity contribution in [2.45, 2.75) is 31.7 Å². The molecule has 0 saturated heterocycles. The predicted molar refractivity (Wildman–Crippen MR) is 78.2 cm³/mol. The van der Waals surface area contributed by atoms with Crippen molar-refractivity contribution >= 4 is 5.91 Å². The lowest BCUT2D eigenvalue weighted by Gasteiger charge is -2.16. The second-order valence-electron chi connectivity index (χ2n) is 5.49. The van der Waals surface area contributed by atoms with Crippen LogP contribution in [0.15, 0.2) is 48.8 Å². The van der Waals surface area contributed by atoms with E-state index in [1.165, 1.54) is 5.56 Å². The molecular weight excluding hydrogens is 248 g/mol. The van der Waals surface area contributed by atoms with Crippen LogP contribution in [0.2, 0.25) is 0 Å². The van der Waals surface area contributed by atoms with Gasteiger partial charge in [0.15, 0.2) is 0 Å². The molecule has 0 radical (unpaired) electrons. The highest BCUT2D eigenvalue weighted by molar-refractivity contribution is 5.91. The van der Waals surface area contributed by atoms with Crippen molar-refractivity contribution < 1.29 is 4.79 Å². The van der Waals surface area contributed by atoms with Crippen LogP contribution in [0.5, 0.6) is 0 Å². The molecule has 1 N–H and O–H groups in total. The monoisotopic (exact) mass is 266 g/mol. The van der Waals surface area contributed by atoms with E-state index in [1.807, 2.05) is 12.1 Å². The Kier molecular flexibility index (Phi) is 3.26. The normalized spacial score (nSPS) is 15.7. The Labute approximate surface area is 119 Å². The molecule has 1 aliphatic rings. The van der Waals surface area contributed by atoms with Crippen molar-refractivity contribution in [2.75, 3.05) is 0 Å². The maximum atomic E-state index is 12.5. The molecule has 1 saturated carbocycles. The quantitative estimate of drug-likeness (QED) is 0.924. The van der Waals surface area contributed by atoms with Crippen molar-refractivity contribution in [3.05, 3.63) is 65.5 Å². The Bertz CT molecular complexity index is 601. The molecule has 3 nitrogen and oxygen atoms in total. The van der Waals surface area contributed by atoms with Gasteiger partial charge in [0.2, 0.25) is 5.91 Å². The fourth-order valence-electron chi connectivity index (χ4n) is 2.50. The molecular formula is C17H18N2O. The summed E-state index contributed by atoms with van der Waals surface area (Å²) in [5.41, 5.74) is 3.14. The first-order valence-electron chi connectivity index (χ1n) is 6.95. The van der Waals surface area contributed by atoms with Gasteiger partial charge in [0.05, 0.1) is 5.41 Å². The molecule has 102 valence electrons. The summed E-state index contributed by atoms with van der Waals surface area (Å²) in [4.78, 5) is 16.4. The Morgan fingerprint density at radius 3 is 2.40 bits per heavy atom. The highest BCUT2D eigenvalue weighted by Gasteiger charge is 2.50. The zero-order chi connectivity index (χ0) is 14.0. The van der Waals surface area contributed by atoms with E-state index in [4.69, 9.17) is 0 Å². The number of aromatic nitrogens is 1. The molecule has 1 aliphatic carbocycles. The van der Waals surface area contributed by atoms with Gasteiger partial charge in [-0.05, 0) is 43.0 Å². The van der Waals surface area contributed by atoms with Gasteiger partial charge >= 0.3 is 0 Å². The van der Waals surface area contributed by atoms with Crippen LogP contribution < -0.4 is 5.32 Å². The SMILES string of the molecule is Cc1ccc(C2(C(=O)NCc3ccncc3)CC2)cc1. The van der Waals surface area contributed by atoms with Gasteiger partial charge in [0.25, 0.3) is 0 Å². The van der Waals surface area contributed by atoms with E-state index >= 15 is 0 Å². The molecule has 0 spiro atoms. The standard InChI is InChI=1S/C17H18N2O/c1-13-2-4-15(5-3-13)17(8-9-17)16(20)19-12-14-6-10-18-11-7-14/h2-7,10-11H,8-9,12H2,1H3,(H,19,20). The van der Waals surface area contributed by atoms with Crippen molar-refractivity contribution in [2.24, 2.45) is 0 Å². The summed E-state index contributed by atoms with van der Waals surface area (Å²) in [5.74, 6) is 0.137. The molecule has 0 atom stereocenters. The van der Waals surface area contributed by atoms with Gasteiger partial charge in [-0.25, -0.2) is 0 Å². The summed E-state index contributed by atoms with van der Waals surface area (Å²) in [6.07, 6.45) is 5.37. The molecule has 3 rings (SSSR count). The van der Waals surface area contributed by atoms with E-state index < -0.39 is 0 Å². The highest BCUT2D eigenvalue weighted by atomic mass is 16.2. The first kappa shape index (κ1) is 12.9. The maximum absolute atomic E-state index is 12.5. The third-order valence-electron chi connectivity index (χ3n) is 3.99. The average Bonchev–Trinajstić information content (AvgIpc) is 3.28. The number of carbonyl (C=O) groups is 1. The molecule has 20 heavy (non-hydrogen) atoms. The minimum Gasteiger partial charge on any atom is -0.351 e. The number of hydrogen-bond acceptors (Lipinski definition) is 2. The van der Waals surface area contributed by atoms with Crippen LogP contribution in [0.3, 0.4) is 0 Å². The van der Waals surface area contributed by atoms with Gasteiger partial charge in [-0.1, -0.05) is 29.8 Å². The summed E-state index contributed by atoms with van der Waals surface area (Å²) in [5, 5.41) is 3.05. The molecule has 3 heteroatoms. The number of hydrogen-bond donors (Lipinski definition) is 1. The van der Waals surface area contributed by atoms with Crippen molar-refractivity contribution in [3.63, 3.8) is 0 Å². The molecule has 0 unspecified atom stereocenters. The lowest BCUT2D eigenvalue weighted by Crippen LogP contribution is -2.34. The van der Waals surface area contributed by atoms with Crippen LogP contribution >= 0.6 is 0 Å². The number of pyridine rings is 1. The zero-order valence-corrected chi connectivity index (χ0v) is 11.6. The molecule has 1 aromatic heterocycles. The van der Waals surface area contributed by atoms with Gasteiger partial charge < -0.3 is 5.32 Å². The minimum atomic E-state index is -0.291. The number of nitrogens with zero attached hydrogens (tertiary/aromatic N) is 1. The fourth-order valence-corrected chi connectivity index (χ4v) is 2.50. The summed E-state index contributed by atoms with van der Waals surface area (Å²) in [6, 6.07) is 12.2. The second-order valence-corrected chi connectivity index (χ2v) is 5.49. The average molecular weight is 266 g/mol. The van der Waals surface area contributed by atoms with Crippen LogP contribution in [-0.2, 0) is 16.8 Å².